The van der Waals surface area contributed by atoms with E-state index in [1.165, 1.54) is 0 Å². The van der Waals surface area contributed by atoms with E-state index in [0.717, 1.165) is 38.4 Å². The summed E-state index contributed by atoms with van der Waals surface area (Å²) < 4.78 is 0. The molecule has 0 atom stereocenters. The van der Waals surface area contributed by atoms with E-state index in [9.17, 15) is 4.79 Å². The predicted octanol–water partition coefficient (Wildman–Crippen LogP) is 1.44. The number of unbranched alkanes of at least 4 members (excludes halogenated alkanes) is 1. The van der Waals surface area contributed by atoms with E-state index in [0.29, 0.717) is 6.54 Å². The van der Waals surface area contributed by atoms with Crippen molar-refractivity contribution in [3.8, 4) is 0 Å². The molecule has 4 nitrogen and oxygen atoms in total. The number of nitrogens with two attached hydrogens (primary N) is 2. The van der Waals surface area contributed by atoms with Gasteiger partial charge >= 0.3 is 0 Å². The second-order valence-corrected chi connectivity index (χ2v) is 3.95. The van der Waals surface area contributed by atoms with Crippen LogP contribution in [0.5, 0.6) is 0 Å². The maximum Gasteiger partial charge on any atom is 0.185 e. The Balaban J connectivity index is 3.82. The van der Waals surface area contributed by atoms with Gasteiger partial charge in [0.2, 0.25) is 0 Å². The fourth-order valence-corrected chi connectivity index (χ4v) is 1.63. The van der Waals surface area contributed by atoms with Crippen molar-refractivity contribution in [3.05, 3.63) is 0 Å². The van der Waals surface area contributed by atoms with Crippen molar-refractivity contribution >= 4 is 12.2 Å². The molecule has 0 aliphatic rings. The summed E-state index contributed by atoms with van der Waals surface area (Å²) in [6.07, 6.45) is 5.80. The molecule has 88 valence electrons. The van der Waals surface area contributed by atoms with E-state index in [4.69, 9.17) is 11.5 Å². The second kappa shape index (κ2) is 7.26. The van der Waals surface area contributed by atoms with E-state index in [-0.39, 0.29) is 11.4 Å². The van der Waals surface area contributed by atoms with Crippen LogP contribution in [-0.4, -0.2) is 18.8 Å². The molecule has 0 bridgehead atoms. The molecule has 0 rings (SSSR count). The molecular weight excluding hydrogens is 190 g/mol. The SMILES string of the molecule is CCC(C=O)(CC)CCCCN=C(N)N. The van der Waals surface area contributed by atoms with Crippen LogP contribution in [0.4, 0.5) is 0 Å². The number of guanidine groups is 1. The third kappa shape index (κ3) is 5.40. The molecule has 0 radical (unpaired) electrons. The van der Waals surface area contributed by atoms with Crippen molar-refractivity contribution in [2.45, 2.75) is 46.0 Å². The summed E-state index contributed by atoms with van der Waals surface area (Å²) in [5, 5.41) is 0. The average Bonchev–Trinajstić information content (AvgIpc) is 2.24. The van der Waals surface area contributed by atoms with E-state index in [1.54, 1.807) is 0 Å². The van der Waals surface area contributed by atoms with Crippen LogP contribution in [-0.2, 0) is 4.79 Å². The number of nitrogens with zero attached hydrogens (tertiary/aromatic N) is 1. The molecule has 0 saturated heterocycles. The van der Waals surface area contributed by atoms with Gasteiger partial charge in [-0.05, 0) is 25.7 Å². The van der Waals surface area contributed by atoms with Gasteiger partial charge in [0.15, 0.2) is 5.96 Å². The molecule has 0 unspecified atom stereocenters. The summed E-state index contributed by atoms with van der Waals surface area (Å²) in [5.41, 5.74) is 10.3. The van der Waals surface area contributed by atoms with Gasteiger partial charge in [-0.25, -0.2) is 0 Å². The van der Waals surface area contributed by atoms with Crippen molar-refractivity contribution in [2.75, 3.05) is 6.54 Å². The Hall–Kier alpha value is -1.06. The lowest BCUT2D eigenvalue weighted by Gasteiger charge is -2.24. The molecule has 0 heterocycles. The van der Waals surface area contributed by atoms with E-state index >= 15 is 0 Å². The molecule has 0 aliphatic heterocycles. The highest BCUT2D eigenvalue weighted by Gasteiger charge is 2.24. The topological polar surface area (TPSA) is 81.5 Å². The zero-order valence-electron chi connectivity index (χ0n) is 9.83. The molecule has 0 aromatic heterocycles. The Labute approximate surface area is 92.1 Å². The van der Waals surface area contributed by atoms with Gasteiger partial charge in [-0.1, -0.05) is 20.3 Å². The lowest BCUT2D eigenvalue weighted by atomic mass is 9.79. The molecule has 0 aromatic rings. The van der Waals surface area contributed by atoms with Crippen molar-refractivity contribution in [1.82, 2.24) is 0 Å². The van der Waals surface area contributed by atoms with Crippen LogP contribution in [0.25, 0.3) is 0 Å². The largest absolute Gasteiger partial charge is 0.370 e. The smallest absolute Gasteiger partial charge is 0.185 e. The highest BCUT2D eigenvalue weighted by molar-refractivity contribution is 5.75. The Bertz CT molecular complexity index is 206. The Morgan fingerprint density at radius 1 is 1.27 bits per heavy atom. The van der Waals surface area contributed by atoms with Crippen LogP contribution in [0.15, 0.2) is 4.99 Å². The molecule has 0 aromatic carbocycles. The molecular formula is C11H23N3O. The molecule has 0 aliphatic carbocycles. The molecule has 0 saturated carbocycles. The fraction of sp³-hybridized carbons (Fsp3) is 0.818. The number of carbonyl (C=O) groups is 1. The Kier molecular flexibility index (Phi) is 6.75. The van der Waals surface area contributed by atoms with Crippen LogP contribution in [0.3, 0.4) is 0 Å². The predicted molar refractivity (Wildman–Crippen MR) is 63.6 cm³/mol. The van der Waals surface area contributed by atoms with Crippen LogP contribution in [0.1, 0.15) is 46.0 Å². The second-order valence-electron chi connectivity index (χ2n) is 3.95. The summed E-state index contributed by atoms with van der Waals surface area (Å²) in [4.78, 5) is 14.9. The van der Waals surface area contributed by atoms with Crippen LogP contribution >= 0.6 is 0 Å². The highest BCUT2D eigenvalue weighted by Crippen LogP contribution is 2.29. The number of aliphatic imine (C=N–C) groups is 1. The Morgan fingerprint density at radius 3 is 2.27 bits per heavy atom. The molecule has 15 heavy (non-hydrogen) atoms. The third-order valence-electron chi connectivity index (χ3n) is 3.04. The summed E-state index contributed by atoms with van der Waals surface area (Å²) in [5.74, 6) is 0.141. The minimum atomic E-state index is -0.127. The van der Waals surface area contributed by atoms with Gasteiger partial charge < -0.3 is 16.3 Å². The van der Waals surface area contributed by atoms with Crippen LogP contribution in [0, 0.1) is 5.41 Å². The first-order valence-corrected chi connectivity index (χ1v) is 5.62. The van der Waals surface area contributed by atoms with Crippen molar-refractivity contribution in [3.63, 3.8) is 0 Å². The van der Waals surface area contributed by atoms with E-state index < -0.39 is 0 Å². The molecule has 4 heteroatoms. The molecule has 0 fully saturated rings. The maximum absolute atomic E-state index is 11.0. The minimum absolute atomic E-state index is 0.127. The van der Waals surface area contributed by atoms with Crippen molar-refractivity contribution in [1.29, 1.82) is 0 Å². The van der Waals surface area contributed by atoms with Gasteiger partial charge in [0.25, 0.3) is 0 Å². The van der Waals surface area contributed by atoms with Gasteiger partial charge in [0.1, 0.15) is 6.29 Å². The van der Waals surface area contributed by atoms with Crippen LogP contribution in [0.2, 0.25) is 0 Å². The van der Waals surface area contributed by atoms with Gasteiger partial charge in [-0.2, -0.15) is 0 Å². The minimum Gasteiger partial charge on any atom is -0.370 e. The van der Waals surface area contributed by atoms with E-state index in [2.05, 4.69) is 18.8 Å². The highest BCUT2D eigenvalue weighted by atomic mass is 16.1. The van der Waals surface area contributed by atoms with Crippen molar-refractivity contribution < 1.29 is 4.79 Å². The van der Waals surface area contributed by atoms with Gasteiger partial charge in [-0.15, -0.1) is 0 Å². The lowest BCUT2D eigenvalue weighted by Crippen LogP contribution is -2.23. The molecule has 0 spiro atoms. The third-order valence-corrected chi connectivity index (χ3v) is 3.04. The number of aldehydes is 1. The number of hydrogen-bond acceptors (Lipinski definition) is 2. The quantitative estimate of drug-likeness (QED) is 0.277. The standard InChI is InChI=1S/C11H23N3O/c1-3-11(4-2,9-15)7-5-6-8-14-10(12)13/h9H,3-8H2,1-2H3,(H4,12,13,14). The first-order chi connectivity index (χ1) is 7.10. The van der Waals surface area contributed by atoms with Gasteiger partial charge in [-0.3, -0.25) is 4.99 Å². The first-order valence-electron chi connectivity index (χ1n) is 5.62. The lowest BCUT2D eigenvalue weighted by molar-refractivity contribution is -0.117. The summed E-state index contributed by atoms with van der Waals surface area (Å²) in [7, 11) is 0. The van der Waals surface area contributed by atoms with Crippen molar-refractivity contribution in [2.24, 2.45) is 21.9 Å². The Morgan fingerprint density at radius 2 is 1.87 bits per heavy atom. The molecule has 4 N–H and O–H groups in total. The average molecular weight is 213 g/mol. The number of hydrogen-bond donors (Lipinski definition) is 2. The summed E-state index contributed by atoms with van der Waals surface area (Å²) >= 11 is 0. The zero-order chi connectivity index (χ0) is 11.7. The van der Waals surface area contributed by atoms with Gasteiger partial charge in [0.05, 0.1) is 0 Å². The number of rotatable bonds is 8. The molecule has 0 amide bonds. The number of carbonyl (C=O) groups excluding carboxylic acids is 1. The maximum atomic E-state index is 11.0. The monoisotopic (exact) mass is 213 g/mol. The summed E-state index contributed by atoms with van der Waals surface area (Å²) in [6.45, 7) is 4.78. The summed E-state index contributed by atoms with van der Waals surface area (Å²) in [6, 6.07) is 0. The zero-order valence-corrected chi connectivity index (χ0v) is 9.83. The fourth-order valence-electron chi connectivity index (χ4n) is 1.63. The normalized spacial score (nSPS) is 11.1. The first kappa shape index (κ1) is 13.9. The van der Waals surface area contributed by atoms with E-state index in [1.807, 2.05) is 0 Å². The van der Waals surface area contributed by atoms with Crippen LogP contribution < -0.4 is 11.5 Å². The van der Waals surface area contributed by atoms with Gasteiger partial charge in [0, 0.05) is 12.0 Å².